The number of hydrogen-bond acceptors (Lipinski definition) is 2. The molecule has 3 unspecified atom stereocenters. The summed E-state index contributed by atoms with van der Waals surface area (Å²) in [6.45, 7) is 7.37. The third-order valence-corrected chi connectivity index (χ3v) is 4.57. The molecule has 0 aromatic rings. The number of rotatable bonds is 0. The molecule has 0 amide bonds. The Kier molecular flexibility index (Phi) is 2.18. The zero-order valence-corrected chi connectivity index (χ0v) is 9.87. The second-order valence-electron chi connectivity index (χ2n) is 5.28. The quantitative estimate of drug-likeness (QED) is 0.491. The monoisotopic (exact) mass is 217 g/mol. The van der Waals surface area contributed by atoms with Gasteiger partial charge in [0, 0.05) is 24.9 Å². The van der Waals surface area contributed by atoms with Crippen LogP contribution in [0.2, 0.25) is 0 Å². The molecule has 1 N–H and O–H groups in total. The Hall–Kier alpha value is -0.780. The molecule has 2 nitrogen and oxygen atoms in total. The fourth-order valence-corrected chi connectivity index (χ4v) is 3.97. The molecule has 0 aliphatic carbocycles. The molecule has 3 aliphatic heterocycles. The standard InChI is InChI=1S/C14H19NO/c1-3-4-6-14-12-5-7-15(14)11(8-10(12)2)9-13(14)16/h11-13,16H,2-3,5,7-9H2,1H3/t11?,12?,13-,14+/m1/s1. The molecule has 0 radical (unpaired) electrons. The first-order valence-electron chi connectivity index (χ1n) is 6.32. The highest BCUT2D eigenvalue weighted by atomic mass is 16.3. The number of aliphatic hydroxyl groups excluding tert-OH is 1. The third-order valence-electron chi connectivity index (χ3n) is 4.57. The van der Waals surface area contributed by atoms with E-state index in [-0.39, 0.29) is 11.6 Å². The third kappa shape index (κ3) is 1.06. The minimum Gasteiger partial charge on any atom is -0.390 e. The van der Waals surface area contributed by atoms with Crippen LogP contribution in [0.1, 0.15) is 32.6 Å². The molecule has 3 heterocycles. The van der Waals surface area contributed by atoms with Crippen molar-refractivity contribution in [2.75, 3.05) is 6.54 Å². The van der Waals surface area contributed by atoms with Crippen LogP contribution in [0.4, 0.5) is 0 Å². The largest absolute Gasteiger partial charge is 0.390 e. The number of piperidine rings is 1. The van der Waals surface area contributed by atoms with Gasteiger partial charge in [0.2, 0.25) is 0 Å². The van der Waals surface area contributed by atoms with Gasteiger partial charge >= 0.3 is 0 Å². The van der Waals surface area contributed by atoms with E-state index in [1.165, 1.54) is 5.57 Å². The van der Waals surface area contributed by atoms with Gasteiger partial charge in [0.15, 0.2) is 0 Å². The lowest BCUT2D eigenvalue weighted by Gasteiger charge is -2.41. The SMILES string of the molecule is C=C1CC2C[C@@H](O)[C@]3(C#CCC)C1CCN23. The van der Waals surface area contributed by atoms with E-state index < -0.39 is 0 Å². The maximum Gasteiger partial charge on any atom is 0.116 e. The van der Waals surface area contributed by atoms with Crippen molar-refractivity contribution in [2.45, 2.75) is 50.3 Å². The minimum atomic E-state index is -0.275. The fourth-order valence-electron chi connectivity index (χ4n) is 3.97. The Balaban J connectivity index is 2.09. The normalized spacial score (nSPS) is 49.0. The van der Waals surface area contributed by atoms with Crippen LogP contribution in [0.25, 0.3) is 0 Å². The molecule has 0 saturated carbocycles. The Morgan fingerprint density at radius 2 is 2.44 bits per heavy atom. The van der Waals surface area contributed by atoms with Crippen LogP contribution >= 0.6 is 0 Å². The van der Waals surface area contributed by atoms with Crippen LogP contribution in [0.3, 0.4) is 0 Å². The first-order valence-corrected chi connectivity index (χ1v) is 6.32. The van der Waals surface area contributed by atoms with Crippen LogP contribution in [-0.4, -0.2) is 34.2 Å². The summed E-state index contributed by atoms with van der Waals surface area (Å²) >= 11 is 0. The molecule has 16 heavy (non-hydrogen) atoms. The highest BCUT2D eigenvalue weighted by molar-refractivity contribution is 5.38. The summed E-state index contributed by atoms with van der Waals surface area (Å²) in [6.07, 6.45) is 3.67. The van der Waals surface area contributed by atoms with E-state index >= 15 is 0 Å². The van der Waals surface area contributed by atoms with Gasteiger partial charge in [-0.2, -0.15) is 0 Å². The van der Waals surface area contributed by atoms with E-state index in [0.717, 1.165) is 32.2 Å². The molecule has 5 atom stereocenters. The van der Waals surface area contributed by atoms with Crippen molar-refractivity contribution in [1.29, 1.82) is 0 Å². The molecule has 2 heteroatoms. The Morgan fingerprint density at radius 3 is 3.19 bits per heavy atom. The average Bonchev–Trinajstić information content (AvgIpc) is 2.65. The van der Waals surface area contributed by atoms with Crippen molar-refractivity contribution in [3.05, 3.63) is 12.2 Å². The maximum absolute atomic E-state index is 10.4. The molecule has 3 aliphatic rings. The van der Waals surface area contributed by atoms with Crippen molar-refractivity contribution >= 4 is 0 Å². The van der Waals surface area contributed by atoms with E-state index in [4.69, 9.17) is 0 Å². The summed E-state index contributed by atoms with van der Waals surface area (Å²) in [5.41, 5.74) is 1.05. The van der Waals surface area contributed by atoms with Crippen molar-refractivity contribution in [3.8, 4) is 11.8 Å². The molecule has 0 spiro atoms. The van der Waals surface area contributed by atoms with E-state index in [2.05, 4.69) is 30.2 Å². The lowest BCUT2D eigenvalue weighted by molar-refractivity contribution is 0.0603. The van der Waals surface area contributed by atoms with Crippen LogP contribution in [0.5, 0.6) is 0 Å². The maximum atomic E-state index is 10.4. The molecule has 4 bridgehead atoms. The first kappa shape index (κ1) is 10.4. The van der Waals surface area contributed by atoms with Gasteiger partial charge in [0.05, 0.1) is 6.10 Å². The van der Waals surface area contributed by atoms with E-state index in [1.54, 1.807) is 0 Å². The predicted octanol–water partition coefficient (Wildman–Crippen LogP) is 1.55. The van der Waals surface area contributed by atoms with Crippen LogP contribution in [0, 0.1) is 17.8 Å². The molecule has 86 valence electrons. The summed E-state index contributed by atoms with van der Waals surface area (Å²) in [5.74, 6) is 6.98. The summed E-state index contributed by atoms with van der Waals surface area (Å²) in [6, 6.07) is 0.493. The fraction of sp³-hybridized carbons (Fsp3) is 0.714. The van der Waals surface area contributed by atoms with Gasteiger partial charge in [-0.05, 0) is 19.3 Å². The average molecular weight is 217 g/mol. The predicted molar refractivity (Wildman–Crippen MR) is 63.8 cm³/mol. The van der Waals surface area contributed by atoms with Crippen LogP contribution < -0.4 is 0 Å². The molecule has 3 rings (SSSR count). The van der Waals surface area contributed by atoms with Gasteiger partial charge in [-0.3, -0.25) is 4.90 Å². The highest BCUT2D eigenvalue weighted by Crippen LogP contribution is 2.54. The summed E-state index contributed by atoms with van der Waals surface area (Å²) in [5, 5.41) is 10.4. The second kappa shape index (κ2) is 3.35. The van der Waals surface area contributed by atoms with Gasteiger partial charge in [-0.15, -0.1) is 5.92 Å². The van der Waals surface area contributed by atoms with E-state index in [1.807, 2.05) is 0 Å². The Labute approximate surface area is 97.3 Å². The molecule has 0 aromatic carbocycles. The smallest absolute Gasteiger partial charge is 0.116 e. The van der Waals surface area contributed by atoms with Crippen molar-refractivity contribution in [2.24, 2.45) is 5.92 Å². The van der Waals surface area contributed by atoms with Gasteiger partial charge in [0.25, 0.3) is 0 Å². The molecular formula is C14H19NO. The Morgan fingerprint density at radius 1 is 1.62 bits per heavy atom. The van der Waals surface area contributed by atoms with Gasteiger partial charge in [-0.25, -0.2) is 0 Å². The minimum absolute atomic E-state index is 0.268. The van der Waals surface area contributed by atoms with Gasteiger partial charge in [-0.1, -0.05) is 25.0 Å². The van der Waals surface area contributed by atoms with Gasteiger partial charge < -0.3 is 5.11 Å². The molecule has 3 fully saturated rings. The molecule has 3 saturated heterocycles. The first-order chi connectivity index (χ1) is 7.70. The highest BCUT2D eigenvalue weighted by Gasteiger charge is 2.63. The topological polar surface area (TPSA) is 23.5 Å². The summed E-state index contributed by atoms with van der Waals surface area (Å²) < 4.78 is 0. The van der Waals surface area contributed by atoms with Crippen LogP contribution in [-0.2, 0) is 0 Å². The number of nitrogens with zero attached hydrogens (tertiary/aromatic N) is 1. The van der Waals surface area contributed by atoms with Crippen molar-refractivity contribution < 1.29 is 5.11 Å². The molecular weight excluding hydrogens is 198 g/mol. The summed E-state index contributed by atoms with van der Waals surface area (Å²) in [4.78, 5) is 2.46. The lowest BCUT2D eigenvalue weighted by atomic mass is 9.76. The molecule has 0 aromatic heterocycles. The van der Waals surface area contributed by atoms with Crippen molar-refractivity contribution in [3.63, 3.8) is 0 Å². The number of aliphatic hydroxyl groups is 1. The zero-order chi connectivity index (χ0) is 11.3. The summed E-state index contributed by atoms with van der Waals surface area (Å²) in [7, 11) is 0. The van der Waals surface area contributed by atoms with E-state index in [9.17, 15) is 5.11 Å². The zero-order valence-electron chi connectivity index (χ0n) is 9.87. The van der Waals surface area contributed by atoms with Crippen molar-refractivity contribution in [1.82, 2.24) is 4.90 Å². The Bertz CT molecular complexity index is 391. The number of hydrogen-bond donors (Lipinski definition) is 1. The second-order valence-corrected chi connectivity index (χ2v) is 5.28. The lowest BCUT2D eigenvalue weighted by Crippen LogP contribution is -2.53. The van der Waals surface area contributed by atoms with Gasteiger partial charge in [0.1, 0.15) is 5.54 Å². The van der Waals surface area contributed by atoms with Crippen LogP contribution in [0.15, 0.2) is 12.2 Å². The van der Waals surface area contributed by atoms with E-state index in [0.29, 0.717) is 12.0 Å².